The lowest BCUT2D eigenvalue weighted by atomic mass is 10.0. The van der Waals surface area contributed by atoms with Gasteiger partial charge in [-0.25, -0.2) is 0 Å². The minimum Gasteiger partial charge on any atom is -0.381 e. The molecule has 0 saturated carbocycles. The van der Waals surface area contributed by atoms with Crippen LogP contribution >= 0.6 is 0 Å². The summed E-state index contributed by atoms with van der Waals surface area (Å²) in [7, 11) is 2.17. The maximum Gasteiger partial charge on any atom is 0.0169 e. The number of rotatable bonds is 18. The van der Waals surface area contributed by atoms with Crippen molar-refractivity contribution in [2.75, 3.05) is 13.6 Å². The lowest BCUT2D eigenvalue weighted by Crippen LogP contribution is -2.11. The monoisotopic (exact) mass is 323 g/mol. The summed E-state index contributed by atoms with van der Waals surface area (Å²) in [5.74, 6) is 0. The first-order valence-electron chi connectivity index (χ1n) is 10.6. The third-order valence-electron chi connectivity index (χ3n) is 4.77. The summed E-state index contributed by atoms with van der Waals surface area (Å²) in [6.07, 6.45) is 27.4. The Hall–Kier alpha value is -0.460. The summed E-state index contributed by atoms with van der Waals surface area (Å²) in [5.41, 5.74) is 0. The van der Waals surface area contributed by atoms with Crippen LogP contribution in [-0.2, 0) is 0 Å². The predicted molar refractivity (Wildman–Crippen MR) is 107 cm³/mol. The zero-order valence-electron chi connectivity index (χ0n) is 16.6. The van der Waals surface area contributed by atoms with E-state index < -0.39 is 0 Å². The van der Waals surface area contributed by atoms with Crippen molar-refractivity contribution in [3.8, 4) is 0 Å². The van der Waals surface area contributed by atoms with Gasteiger partial charge in [0.25, 0.3) is 0 Å². The highest BCUT2D eigenvalue weighted by Gasteiger charge is 1.95. The Labute approximate surface area is 147 Å². The fourth-order valence-corrected chi connectivity index (χ4v) is 3.24. The predicted octanol–water partition coefficient (Wildman–Crippen LogP) is 7.71. The molecule has 0 saturated heterocycles. The minimum atomic E-state index is 1.21. The molecule has 0 unspecified atom stereocenters. The van der Waals surface area contributed by atoms with E-state index in [-0.39, 0.29) is 0 Å². The highest BCUT2D eigenvalue weighted by molar-refractivity contribution is 4.75. The average Bonchev–Trinajstić information content (AvgIpc) is 2.54. The Balaban J connectivity index is 3.02. The molecule has 0 aromatic rings. The highest BCUT2D eigenvalue weighted by atomic mass is 15.1. The van der Waals surface area contributed by atoms with Crippen molar-refractivity contribution in [1.29, 1.82) is 0 Å². The van der Waals surface area contributed by atoms with Crippen LogP contribution < -0.4 is 0 Å². The van der Waals surface area contributed by atoms with E-state index in [4.69, 9.17) is 0 Å². The Morgan fingerprint density at radius 3 is 1.26 bits per heavy atom. The van der Waals surface area contributed by atoms with Crippen molar-refractivity contribution >= 4 is 0 Å². The van der Waals surface area contributed by atoms with Crippen molar-refractivity contribution in [3.05, 3.63) is 12.3 Å². The number of allylic oxidation sites excluding steroid dienone is 1. The number of hydrogen-bond donors (Lipinski definition) is 0. The van der Waals surface area contributed by atoms with Crippen LogP contribution in [-0.4, -0.2) is 18.5 Å². The molecule has 0 N–H and O–H groups in total. The Kier molecular flexibility index (Phi) is 19.2. The Bertz CT molecular complexity index is 234. The molecule has 0 aromatic heterocycles. The number of unbranched alkanes of at least 4 members (excludes halogenated alkanes) is 15. The minimum absolute atomic E-state index is 1.21. The quantitative estimate of drug-likeness (QED) is 0.233. The summed E-state index contributed by atoms with van der Waals surface area (Å²) >= 11 is 0. The fourth-order valence-electron chi connectivity index (χ4n) is 3.24. The zero-order valence-corrected chi connectivity index (χ0v) is 16.6. The topological polar surface area (TPSA) is 3.24 Å². The molecule has 0 bridgehead atoms. The first-order valence-corrected chi connectivity index (χ1v) is 10.6. The van der Waals surface area contributed by atoms with Crippen molar-refractivity contribution in [3.63, 3.8) is 0 Å². The Morgan fingerprint density at radius 2 is 0.913 bits per heavy atom. The van der Waals surface area contributed by atoms with Crippen LogP contribution in [0.4, 0.5) is 0 Å². The van der Waals surface area contributed by atoms with Gasteiger partial charge in [0.05, 0.1) is 0 Å². The highest BCUT2D eigenvalue weighted by Crippen LogP contribution is 2.13. The molecule has 0 rings (SSSR count). The first-order chi connectivity index (χ1) is 11.3. The van der Waals surface area contributed by atoms with Crippen LogP contribution in [0.15, 0.2) is 12.3 Å². The molecule has 0 aliphatic carbocycles. The first kappa shape index (κ1) is 22.5. The lowest BCUT2D eigenvalue weighted by molar-refractivity contribution is 0.427. The molecule has 0 aliphatic rings. The molecule has 0 radical (unpaired) electrons. The van der Waals surface area contributed by atoms with E-state index in [9.17, 15) is 0 Å². The lowest BCUT2D eigenvalue weighted by Gasteiger charge is -2.12. The van der Waals surface area contributed by atoms with E-state index >= 15 is 0 Å². The van der Waals surface area contributed by atoms with Crippen molar-refractivity contribution in [1.82, 2.24) is 4.90 Å². The smallest absolute Gasteiger partial charge is 0.0169 e. The van der Waals surface area contributed by atoms with E-state index in [2.05, 4.69) is 38.1 Å². The second-order valence-electron chi connectivity index (χ2n) is 7.27. The molecule has 1 heteroatoms. The van der Waals surface area contributed by atoms with Gasteiger partial charge in [-0.2, -0.15) is 0 Å². The maximum atomic E-state index is 2.30. The zero-order chi connectivity index (χ0) is 17.0. The molecule has 138 valence electrons. The molecule has 23 heavy (non-hydrogen) atoms. The standard InChI is InChI=1S/C22H45N/c1-4-6-7-8-9-10-11-12-13-14-15-16-17-18-19-20-22-23(3)21-5-2/h5,21H,4,6-20,22H2,1-3H3. The SMILES string of the molecule is CC=CN(C)CCCCCCCCCCCCCCCCCC. The fraction of sp³-hybridized carbons (Fsp3) is 0.909. The molecular formula is C22H45N. The summed E-state index contributed by atoms with van der Waals surface area (Å²) in [6.45, 7) is 5.59. The third kappa shape index (κ3) is 19.5. The summed E-state index contributed by atoms with van der Waals surface area (Å²) in [4.78, 5) is 2.30. The van der Waals surface area contributed by atoms with E-state index in [1.807, 2.05) is 0 Å². The van der Waals surface area contributed by atoms with Crippen LogP contribution in [0.2, 0.25) is 0 Å². The molecular weight excluding hydrogens is 278 g/mol. The summed E-state index contributed by atoms with van der Waals surface area (Å²) in [5, 5.41) is 0. The van der Waals surface area contributed by atoms with Crippen molar-refractivity contribution in [2.45, 2.75) is 117 Å². The van der Waals surface area contributed by atoms with Gasteiger partial charge in [0.1, 0.15) is 0 Å². The van der Waals surface area contributed by atoms with Gasteiger partial charge in [0.2, 0.25) is 0 Å². The summed E-state index contributed by atoms with van der Waals surface area (Å²) in [6, 6.07) is 0. The second-order valence-corrected chi connectivity index (χ2v) is 7.27. The van der Waals surface area contributed by atoms with Gasteiger partial charge in [-0.1, -0.05) is 109 Å². The van der Waals surface area contributed by atoms with Gasteiger partial charge in [-0.15, -0.1) is 0 Å². The second kappa shape index (κ2) is 19.6. The molecule has 0 aliphatic heterocycles. The van der Waals surface area contributed by atoms with E-state index in [1.165, 1.54) is 109 Å². The van der Waals surface area contributed by atoms with Crippen LogP contribution in [0, 0.1) is 0 Å². The van der Waals surface area contributed by atoms with Gasteiger partial charge in [0.15, 0.2) is 0 Å². The molecule has 0 atom stereocenters. The average molecular weight is 324 g/mol. The maximum absolute atomic E-state index is 2.30. The van der Waals surface area contributed by atoms with Gasteiger partial charge < -0.3 is 4.90 Å². The molecule has 0 heterocycles. The number of hydrogen-bond acceptors (Lipinski definition) is 1. The van der Waals surface area contributed by atoms with E-state index in [0.717, 1.165) is 0 Å². The Morgan fingerprint density at radius 1 is 0.565 bits per heavy atom. The molecule has 1 nitrogen and oxygen atoms in total. The van der Waals surface area contributed by atoms with Crippen LogP contribution in [0.3, 0.4) is 0 Å². The van der Waals surface area contributed by atoms with Crippen molar-refractivity contribution in [2.24, 2.45) is 0 Å². The normalized spacial score (nSPS) is 11.4. The third-order valence-corrected chi connectivity index (χ3v) is 4.77. The number of nitrogens with zero attached hydrogens (tertiary/aromatic N) is 1. The molecule has 0 amide bonds. The van der Waals surface area contributed by atoms with Crippen LogP contribution in [0.5, 0.6) is 0 Å². The molecule has 0 aromatic carbocycles. The van der Waals surface area contributed by atoms with E-state index in [0.29, 0.717) is 0 Å². The summed E-state index contributed by atoms with van der Waals surface area (Å²) < 4.78 is 0. The van der Waals surface area contributed by atoms with Gasteiger partial charge in [-0.05, 0) is 19.5 Å². The van der Waals surface area contributed by atoms with Crippen LogP contribution in [0.25, 0.3) is 0 Å². The van der Waals surface area contributed by atoms with Gasteiger partial charge >= 0.3 is 0 Å². The largest absolute Gasteiger partial charge is 0.381 e. The molecule has 0 spiro atoms. The van der Waals surface area contributed by atoms with E-state index in [1.54, 1.807) is 0 Å². The van der Waals surface area contributed by atoms with Gasteiger partial charge in [-0.3, -0.25) is 0 Å². The molecule has 0 fully saturated rings. The van der Waals surface area contributed by atoms with Crippen LogP contribution in [0.1, 0.15) is 117 Å². The van der Waals surface area contributed by atoms with Gasteiger partial charge in [0, 0.05) is 13.6 Å². The van der Waals surface area contributed by atoms with Crippen molar-refractivity contribution < 1.29 is 0 Å².